The van der Waals surface area contributed by atoms with Gasteiger partial charge in [0.1, 0.15) is 6.54 Å². The number of halogens is 1. The van der Waals surface area contributed by atoms with Gasteiger partial charge in [0.15, 0.2) is 0 Å². The lowest BCUT2D eigenvalue weighted by atomic mass is 10.1. The Labute approximate surface area is 184 Å². The first-order chi connectivity index (χ1) is 15.1. The van der Waals surface area contributed by atoms with Crippen LogP contribution in [-0.4, -0.2) is 45.4 Å². The Bertz CT molecular complexity index is 1100. The molecule has 2 aromatic heterocycles. The molecular weight excluding hydrogens is 418 g/mol. The number of aromatic nitrogens is 4. The van der Waals surface area contributed by atoms with Crippen LogP contribution in [-0.2, 0) is 4.74 Å². The van der Waals surface area contributed by atoms with Crippen LogP contribution in [0.1, 0.15) is 29.2 Å². The Hall–Kier alpha value is -3.48. The third kappa shape index (κ3) is 4.99. The third-order valence-corrected chi connectivity index (χ3v) is 5.19. The van der Waals surface area contributed by atoms with E-state index >= 15 is 0 Å². The fourth-order valence-electron chi connectivity index (χ4n) is 3.31. The van der Waals surface area contributed by atoms with E-state index in [1.54, 1.807) is 30.5 Å². The molecule has 4 rings (SSSR count). The van der Waals surface area contributed by atoms with Crippen LogP contribution in [0.3, 0.4) is 0 Å². The van der Waals surface area contributed by atoms with E-state index in [0.717, 1.165) is 37.3 Å². The molecule has 0 unspecified atom stereocenters. The van der Waals surface area contributed by atoms with E-state index in [1.807, 2.05) is 16.9 Å². The standard InChI is InChI=1S/C21H20ClN7O2/c22-18-12-25-21(27-16-11-26-29(13-16)17-5-9-31-10-6-17)28-19(18)14-1-3-15(4-2-14)20(30)24-8-7-23/h1-4,11-13,17H,5-6,8-10H2,(H,24,30)(H,25,27,28). The molecule has 0 aliphatic carbocycles. The lowest BCUT2D eigenvalue weighted by Crippen LogP contribution is -2.23. The number of benzene rings is 1. The second kappa shape index (κ2) is 9.55. The molecule has 158 valence electrons. The van der Waals surface area contributed by atoms with E-state index in [9.17, 15) is 4.79 Å². The summed E-state index contributed by atoms with van der Waals surface area (Å²) in [4.78, 5) is 20.7. The van der Waals surface area contributed by atoms with Crippen molar-refractivity contribution in [3.63, 3.8) is 0 Å². The molecular formula is C21H20ClN7O2. The summed E-state index contributed by atoms with van der Waals surface area (Å²) in [5.74, 6) is 0.0764. The number of amides is 1. The molecule has 1 aliphatic heterocycles. The molecule has 0 bridgehead atoms. The maximum atomic E-state index is 12.0. The number of hydrogen-bond acceptors (Lipinski definition) is 7. The largest absolute Gasteiger partial charge is 0.381 e. The number of rotatable bonds is 6. The monoisotopic (exact) mass is 437 g/mol. The highest BCUT2D eigenvalue weighted by Gasteiger charge is 2.17. The highest BCUT2D eigenvalue weighted by molar-refractivity contribution is 6.32. The molecule has 0 saturated carbocycles. The van der Waals surface area contributed by atoms with Crippen molar-refractivity contribution < 1.29 is 9.53 Å². The fourth-order valence-corrected chi connectivity index (χ4v) is 3.51. The van der Waals surface area contributed by atoms with Crippen LogP contribution < -0.4 is 10.6 Å². The van der Waals surface area contributed by atoms with Crippen molar-refractivity contribution in [3.05, 3.63) is 53.4 Å². The molecule has 1 amide bonds. The first-order valence-corrected chi connectivity index (χ1v) is 10.2. The van der Waals surface area contributed by atoms with Gasteiger partial charge in [-0.25, -0.2) is 9.97 Å². The minimum Gasteiger partial charge on any atom is -0.381 e. The zero-order valence-corrected chi connectivity index (χ0v) is 17.3. The molecule has 0 atom stereocenters. The highest BCUT2D eigenvalue weighted by atomic mass is 35.5. The zero-order chi connectivity index (χ0) is 21.6. The van der Waals surface area contributed by atoms with Gasteiger partial charge >= 0.3 is 0 Å². The van der Waals surface area contributed by atoms with Gasteiger partial charge in [0.25, 0.3) is 5.91 Å². The summed E-state index contributed by atoms with van der Waals surface area (Å²) < 4.78 is 7.35. The number of anilines is 2. The summed E-state index contributed by atoms with van der Waals surface area (Å²) >= 11 is 6.31. The summed E-state index contributed by atoms with van der Waals surface area (Å²) in [6.45, 7) is 1.45. The third-order valence-electron chi connectivity index (χ3n) is 4.92. The van der Waals surface area contributed by atoms with Crippen LogP contribution in [0.5, 0.6) is 0 Å². The van der Waals surface area contributed by atoms with E-state index in [4.69, 9.17) is 21.6 Å². The van der Waals surface area contributed by atoms with E-state index in [1.165, 1.54) is 6.20 Å². The van der Waals surface area contributed by atoms with Crippen molar-refractivity contribution in [1.82, 2.24) is 25.1 Å². The second-order valence-corrected chi connectivity index (χ2v) is 7.39. The molecule has 1 fully saturated rings. The SMILES string of the molecule is N#CCNC(=O)c1ccc(-c2nc(Nc3cnn(C4CCOCC4)c3)ncc2Cl)cc1. The van der Waals surface area contributed by atoms with Crippen molar-refractivity contribution in [2.75, 3.05) is 25.1 Å². The van der Waals surface area contributed by atoms with Gasteiger partial charge in [-0.1, -0.05) is 23.7 Å². The molecule has 1 aliphatic rings. The number of nitriles is 1. The van der Waals surface area contributed by atoms with Crippen LogP contribution in [0, 0.1) is 11.3 Å². The van der Waals surface area contributed by atoms with Gasteiger partial charge < -0.3 is 15.4 Å². The van der Waals surface area contributed by atoms with Gasteiger partial charge in [-0.2, -0.15) is 10.4 Å². The molecule has 3 aromatic rings. The predicted octanol–water partition coefficient (Wildman–Crippen LogP) is 3.34. The number of ether oxygens (including phenoxy) is 1. The quantitative estimate of drug-likeness (QED) is 0.567. The number of carbonyl (C=O) groups excluding carboxylic acids is 1. The lowest BCUT2D eigenvalue weighted by molar-refractivity contribution is 0.0662. The fraction of sp³-hybridized carbons (Fsp3) is 0.286. The molecule has 1 saturated heterocycles. The summed E-state index contributed by atoms with van der Waals surface area (Å²) in [6, 6.07) is 9.02. The topological polar surface area (TPSA) is 118 Å². The Morgan fingerprint density at radius 3 is 2.77 bits per heavy atom. The van der Waals surface area contributed by atoms with E-state index in [-0.39, 0.29) is 12.5 Å². The van der Waals surface area contributed by atoms with Gasteiger partial charge in [0.2, 0.25) is 5.95 Å². The summed E-state index contributed by atoms with van der Waals surface area (Å²) in [5.41, 5.74) is 2.51. The summed E-state index contributed by atoms with van der Waals surface area (Å²) in [5, 5.41) is 19.1. The van der Waals surface area contributed by atoms with Gasteiger partial charge in [0, 0.05) is 30.5 Å². The molecule has 1 aromatic carbocycles. The van der Waals surface area contributed by atoms with Gasteiger partial charge in [-0.3, -0.25) is 9.48 Å². The van der Waals surface area contributed by atoms with Crippen LogP contribution in [0.15, 0.2) is 42.9 Å². The van der Waals surface area contributed by atoms with Crippen molar-refractivity contribution in [2.45, 2.75) is 18.9 Å². The molecule has 3 heterocycles. The van der Waals surface area contributed by atoms with Gasteiger partial charge in [-0.05, 0) is 25.0 Å². The maximum absolute atomic E-state index is 12.0. The highest BCUT2D eigenvalue weighted by Crippen LogP contribution is 2.28. The predicted molar refractivity (Wildman–Crippen MR) is 115 cm³/mol. The molecule has 2 N–H and O–H groups in total. The first-order valence-electron chi connectivity index (χ1n) is 9.81. The first kappa shape index (κ1) is 20.8. The van der Waals surface area contributed by atoms with Gasteiger partial charge in [0.05, 0.1) is 40.9 Å². The van der Waals surface area contributed by atoms with E-state index in [2.05, 4.69) is 25.7 Å². The average molecular weight is 438 g/mol. The smallest absolute Gasteiger partial charge is 0.252 e. The Kier molecular flexibility index (Phi) is 6.40. The minimum absolute atomic E-state index is 0.0432. The van der Waals surface area contributed by atoms with Crippen LogP contribution in [0.25, 0.3) is 11.3 Å². The van der Waals surface area contributed by atoms with E-state index in [0.29, 0.717) is 28.3 Å². The van der Waals surface area contributed by atoms with Crippen LogP contribution in [0.2, 0.25) is 5.02 Å². The zero-order valence-electron chi connectivity index (χ0n) is 16.6. The lowest BCUT2D eigenvalue weighted by Gasteiger charge is -2.22. The maximum Gasteiger partial charge on any atom is 0.252 e. The van der Waals surface area contributed by atoms with Crippen molar-refractivity contribution >= 4 is 29.1 Å². The molecule has 9 nitrogen and oxygen atoms in total. The molecule has 31 heavy (non-hydrogen) atoms. The van der Waals surface area contributed by atoms with Crippen LogP contribution >= 0.6 is 11.6 Å². The minimum atomic E-state index is -0.314. The van der Waals surface area contributed by atoms with Crippen molar-refractivity contribution in [2.24, 2.45) is 0 Å². The average Bonchev–Trinajstić information content (AvgIpc) is 3.28. The van der Waals surface area contributed by atoms with Crippen molar-refractivity contribution in [1.29, 1.82) is 5.26 Å². The van der Waals surface area contributed by atoms with Crippen molar-refractivity contribution in [3.8, 4) is 17.3 Å². The Morgan fingerprint density at radius 1 is 1.26 bits per heavy atom. The molecule has 10 heteroatoms. The molecule has 0 spiro atoms. The molecule has 0 radical (unpaired) electrons. The summed E-state index contributed by atoms with van der Waals surface area (Å²) in [6.07, 6.45) is 7.08. The van der Waals surface area contributed by atoms with Gasteiger partial charge in [-0.15, -0.1) is 0 Å². The summed E-state index contributed by atoms with van der Waals surface area (Å²) in [7, 11) is 0. The second-order valence-electron chi connectivity index (χ2n) is 6.99. The Morgan fingerprint density at radius 2 is 2.03 bits per heavy atom. The number of nitrogens with zero attached hydrogens (tertiary/aromatic N) is 5. The number of nitrogens with one attached hydrogen (secondary N) is 2. The number of carbonyl (C=O) groups is 1. The normalized spacial score (nSPS) is 14.1. The van der Waals surface area contributed by atoms with E-state index < -0.39 is 0 Å². The number of hydrogen-bond donors (Lipinski definition) is 2. The Balaban J connectivity index is 1.49. The van der Waals surface area contributed by atoms with Crippen LogP contribution in [0.4, 0.5) is 11.6 Å².